The van der Waals surface area contributed by atoms with Crippen LogP contribution >= 0.6 is 0 Å². The lowest BCUT2D eigenvalue weighted by Crippen LogP contribution is -2.22. The molecule has 0 bridgehead atoms. The Balaban J connectivity index is 2.06. The van der Waals surface area contributed by atoms with Gasteiger partial charge in [-0.05, 0) is 37.6 Å². The highest BCUT2D eigenvalue weighted by atomic mass is 15.0. The number of hydrogen-bond acceptors (Lipinski definition) is 3. The summed E-state index contributed by atoms with van der Waals surface area (Å²) in [6, 6.07) is 4.62. The Bertz CT molecular complexity index is 518. The molecule has 0 aliphatic heterocycles. The van der Waals surface area contributed by atoms with Gasteiger partial charge in [0.2, 0.25) is 0 Å². The number of imidazole rings is 1. The van der Waals surface area contributed by atoms with Gasteiger partial charge >= 0.3 is 0 Å². The van der Waals surface area contributed by atoms with Crippen LogP contribution in [0.3, 0.4) is 0 Å². The molecule has 0 spiro atoms. The van der Waals surface area contributed by atoms with Gasteiger partial charge in [0, 0.05) is 43.8 Å². The van der Waals surface area contributed by atoms with Crippen LogP contribution in [0.4, 0.5) is 0 Å². The first-order valence-electron chi connectivity index (χ1n) is 6.83. The van der Waals surface area contributed by atoms with Crippen molar-refractivity contribution < 1.29 is 0 Å². The molecule has 1 unspecified atom stereocenters. The SMILES string of the molecule is CCNC(CCc1nccn1C)c1ccnc(C)c1. The van der Waals surface area contributed by atoms with Crippen molar-refractivity contribution in [3.05, 3.63) is 47.8 Å². The van der Waals surface area contributed by atoms with Crippen LogP contribution < -0.4 is 5.32 Å². The summed E-state index contributed by atoms with van der Waals surface area (Å²) in [6.07, 6.45) is 7.75. The average Bonchev–Trinajstić information content (AvgIpc) is 2.80. The van der Waals surface area contributed by atoms with Crippen LogP contribution in [0.15, 0.2) is 30.7 Å². The molecular formula is C15H22N4. The summed E-state index contributed by atoms with van der Waals surface area (Å²) in [5.74, 6) is 1.13. The highest BCUT2D eigenvalue weighted by Gasteiger charge is 2.12. The number of aryl methyl sites for hydroxylation is 3. The molecule has 4 heteroatoms. The molecule has 1 N–H and O–H groups in total. The summed E-state index contributed by atoms with van der Waals surface area (Å²) in [4.78, 5) is 8.64. The van der Waals surface area contributed by atoms with E-state index < -0.39 is 0 Å². The minimum atomic E-state index is 0.364. The van der Waals surface area contributed by atoms with Gasteiger partial charge in [0.25, 0.3) is 0 Å². The van der Waals surface area contributed by atoms with Crippen LogP contribution in [0.5, 0.6) is 0 Å². The van der Waals surface area contributed by atoms with E-state index in [2.05, 4.69) is 38.9 Å². The molecule has 0 aliphatic carbocycles. The maximum absolute atomic E-state index is 4.38. The highest BCUT2D eigenvalue weighted by Crippen LogP contribution is 2.19. The number of pyridine rings is 1. The van der Waals surface area contributed by atoms with Crippen molar-refractivity contribution in [2.75, 3.05) is 6.54 Å². The second-order valence-corrected chi connectivity index (χ2v) is 4.83. The van der Waals surface area contributed by atoms with Gasteiger partial charge < -0.3 is 9.88 Å². The summed E-state index contributed by atoms with van der Waals surface area (Å²) in [5.41, 5.74) is 2.38. The number of nitrogens with one attached hydrogen (secondary N) is 1. The molecule has 0 saturated carbocycles. The van der Waals surface area contributed by atoms with Crippen LogP contribution in [0.2, 0.25) is 0 Å². The van der Waals surface area contributed by atoms with Gasteiger partial charge in [-0.25, -0.2) is 4.98 Å². The Morgan fingerprint density at radius 1 is 1.32 bits per heavy atom. The fourth-order valence-electron chi connectivity index (χ4n) is 2.33. The second kappa shape index (κ2) is 6.48. The smallest absolute Gasteiger partial charge is 0.108 e. The third kappa shape index (κ3) is 3.64. The Labute approximate surface area is 114 Å². The molecule has 2 aromatic heterocycles. The Morgan fingerprint density at radius 3 is 2.79 bits per heavy atom. The topological polar surface area (TPSA) is 42.7 Å². The zero-order valence-corrected chi connectivity index (χ0v) is 11.9. The van der Waals surface area contributed by atoms with Crippen molar-refractivity contribution in [1.29, 1.82) is 0 Å². The third-order valence-electron chi connectivity index (χ3n) is 3.35. The first-order chi connectivity index (χ1) is 9.20. The van der Waals surface area contributed by atoms with Crippen molar-refractivity contribution in [2.24, 2.45) is 7.05 Å². The molecule has 4 nitrogen and oxygen atoms in total. The number of rotatable bonds is 6. The van der Waals surface area contributed by atoms with Crippen molar-refractivity contribution in [2.45, 2.75) is 32.7 Å². The molecule has 0 saturated heterocycles. The van der Waals surface area contributed by atoms with Gasteiger partial charge in [0.05, 0.1) is 0 Å². The van der Waals surface area contributed by atoms with Crippen LogP contribution in [0.25, 0.3) is 0 Å². The van der Waals surface area contributed by atoms with E-state index in [1.807, 2.05) is 32.6 Å². The average molecular weight is 258 g/mol. The van der Waals surface area contributed by atoms with E-state index in [4.69, 9.17) is 0 Å². The standard InChI is InChI=1S/C15H22N4/c1-4-16-14(13-7-8-17-12(2)11-13)5-6-15-18-9-10-19(15)3/h7-11,14,16H,4-6H2,1-3H3. The van der Waals surface area contributed by atoms with E-state index in [1.54, 1.807) is 0 Å². The lowest BCUT2D eigenvalue weighted by Gasteiger charge is -2.18. The van der Waals surface area contributed by atoms with E-state index >= 15 is 0 Å². The van der Waals surface area contributed by atoms with Crippen molar-refractivity contribution in [3.8, 4) is 0 Å². The van der Waals surface area contributed by atoms with Gasteiger partial charge in [-0.2, -0.15) is 0 Å². The van der Waals surface area contributed by atoms with Crippen LogP contribution in [0.1, 0.15) is 36.5 Å². The Kier molecular flexibility index (Phi) is 4.68. The molecule has 0 aliphatic rings. The van der Waals surface area contributed by atoms with Crippen molar-refractivity contribution in [1.82, 2.24) is 19.9 Å². The minimum absolute atomic E-state index is 0.364. The first kappa shape index (κ1) is 13.7. The molecule has 102 valence electrons. The summed E-state index contributed by atoms with van der Waals surface area (Å²) in [6.45, 7) is 5.14. The van der Waals surface area contributed by atoms with Crippen LogP contribution in [-0.4, -0.2) is 21.1 Å². The molecule has 1 atom stereocenters. The summed E-state index contributed by atoms with van der Waals surface area (Å²) in [7, 11) is 2.04. The van der Waals surface area contributed by atoms with E-state index in [0.717, 1.165) is 30.9 Å². The molecule has 2 rings (SSSR count). The van der Waals surface area contributed by atoms with Crippen LogP contribution in [-0.2, 0) is 13.5 Å². The van der Waals surface area contributed by atoms with Gasteiger partial charge in [-0.3, -0.25) is 4.98 Å². The zero-order valence-electron chi connectivity index (χ0n) is 11.9. The molecular weight excluding hydrogens is 236 g/mol. The summed E-state index contributed by atoms with van der Waals surface area (Å²) in [5, 5.41) is 3.54. The van der Waals surface area contributed by atoms with E-state index in [-0.39, 0.29) is 0 Å². The zero-order chi connectivity index (χ0) is 13.7. The quantitative estimate of drug-likeness (QED) is 0.865. The van der Waals surface area contributed by atoms with E-state index in [9.17, 15) is 0 Å². The maximum Gasteiger partial charge on any atom is 0.108 e. The molecule has 0 aromatic carbocycles. The molecule has 0 radical (unpaired) electrons. The normalized spacial score (nSPS) is 12.6. The first-order valence-corrected chi connectivity index (χ1v) is 6.83. The molecule has 19 heavy (non-hydrogen) atoms. The predicted octanol–water partition coefficient (Wildman–Crippen LogP) is 2.41. The maximum atomic E-state index is 4.38. The molecule has 2 heterocycles. The Hall–Kier alpha value is -1.68. The monoisotopic (exact) mass is 258 g/mol. The van der Waals surface area contributed by atoms with Gasteiger partial charge in [-0.1, -0.05) is 6.92 Å². The predicted molar refractivity (Wildman–Crippen MR) is 76.9 cm³/mol. The molecule has 0 amide bonds. The van der Waals surface area contributed by atoms with Gasteiger partial charge in [0.15, 0.2) is 0 Å². The Morgan fingerprint density at radius 2 is 2.16 bits per heavy atom. The minimum Gasteiger partial charge on any atom is -0.338 e. The molecule has 2 aromatic rings. The van der Waals surface area contributed by atoms with E-state index in [1.165, 1.54) is 5.56 Å². The highest BCUT2D eigenvalue weighted by molar-refractivity contribution is 5.19. The summed E-state index contributed by atoms with van der Waals surface area (Å²) >= 11 is 0. The second-order valence-electron chi connectivity index (χ2n) is 4.83. The molecule has 0 fully saturated rings. The fourth-order valence-corrected chi connectivity index (χ4v) is 2.33. The number of aromatic nitrogens is 3. The van der Waals surface area contributed by atoms with E-state index in [0.29, 0.717) is 6.04 Å². The lowest BCUT2D eigenvalue weighted by molar-refractivity contribution is 0.505. The van der Waals surface area contributed by atoms with Crippen molar-refractivity contribution in [3.63, 3.8) is 0 Å². The van der Waals surface area contributed by atoms with Gasteiger partial charge in [-0.15, -0.1) is 0 Å². The number of hydrogen-bond donors (Lipinski definition) is 1. The lowest BCUT2D eigenvalue weighted by atomic mass is 10.0. The van der Waals surface area contributed by atoms with Crippen LogP contribution in [0, 0.1) is 6.92 Å². The third-order valence-corrected chi connectivity index (χ3v) is 3.35. The number of nitrogens with zero attached hydrogens (tertiary/aromatic N) is 3. The summed E-state index contributed by atoms with van der Waals surface area (Å²) < 4.78 is 2.08. The fraction of sp³-hybridized carbons (Fsp3) is 0.467. The van der Waals surface area contributed by atoms with Gasteiger partial charge in [0.1, 0.15) is 5.82 Å². The van der Waals surface area contributed by atoms with Crippen molar-refractivity contribution >= 4 is 0 Å². The largest absolute Gasteiger partial charge is 0.338 e.